The summed E-state index contributed by atoms with van der Waals surface area (Å²) in [5.74, 6) is 0.921. The van der Waals surface area contributed by atoms with Crippen molar-refractivity contribution in [2.45, 2.75) is 32.2 Å². The number of benzene rings is 1. The molecular weight excluding hydrogens is 224 g/mol. The van der Waals surface area contributed by atoms with Crippen LogP contribution in [0.3, 0.4) is 0 Å². The molecule has 1 saturated heterocycles. The van der Waals surface area contributed by atoms with Crippen LogP contribution in [0.25, 0.3) is 0 Å². The van der Waals surface area contributed by atoms with E-state index in [1.807, 2.05) is 17.0 Å². The van der Waals surface area contributed by atoms with E-state index in [4.69, 9.17) is 0 Å². The fourth-order valence-corrected chi connectivity index (χ4v) is 3.06. The first-order chi connectivity index (χ1) is 8.74. The molecule has 1 aromatic rings. The van der Waals surface area contributed by atoms with Gasteiger partial charge in [-0.25, -0.2) is 0 Å². The van der Waals surface area contributed by atoms with Gasteiger partial charge in [-0.3, -0.25) is 4.79 Å². The number of likely N-dealkylation sites (tertiary alicyclic amines) is 1. The fourth-order valence-electron chi connectivity index (χ4n) is 3.06. The molecule has 1 N–H and O–H groups in total. The lowest BCUT2D eigenvalue weighted by Gasteiger charge is -2.32. The van der Waals surface area contributed by atoms with Crippen molar-refractivity contribution in [3.8, 4) is 0 Å². The van der Waals surface area contributed by atoms with Gasteiger partial charge in [-0.2, -0.15) is 0 Å². The number of fused-ring (bicyclic) bond motifs is 1. The third-order valence-electron chi connectivity index (χ3n) is 4.04. The number of rotatable bonds is 1. The predicted molar refractivity (Wildman–Crippen MR) is 72.5 cm³/mol. The summed E-state index contributed by atoms with van der Waals surface area (Å²) in [7, 11) is 0. The number of nitrogens with one attached hydrogen (secondary N) is 1. The van der Waals surface area contributed by atoms with E-state index in [9.17, 15) is 4.79 Å². The summed E-state index contributed by atoms with van der Waals surface area (Å²) in [4.78, 5) is 14.5. The summed E-state index contributed by atoms with van der Waals surface area (Å²) in [6.45, 7) is 4.08. The molecule has 2 aliphatic rings. The van der Waals surface area contributed by atoms with Gasteiger partial charge in [0.15, 0.2) is 0 Å². The Balaban J connectivity index is 1.68. The van der Waals surface area contributed by atoms with Crippen LogP contribution in [-0.4, -0.2) is 29.9 Å². The number of piperidine rings is 1. The number of para-hydroxylation sites is 1. The molecule has 1 fully saturated rings. The molecule has 1 aromatic carbocycles. The number of nitrogens with zero attached hydrogens (tertiary/aromatic N) is 1. The van der Waals surface area contributed by atoms with Crippen LogP contribution in [0.4, 0.5) is 5.69 Å². The van der Waals surface area contributed by atoms with Gasteiger partial charge in [0.1, 0.15) is 6.04 Å². The van der Waals surface area contributed by atoms with Crippen LogP contribution in [0.5, 0.6) is 0 Å². The van der Waals surface area contributed by atoms with Gasteiger partial charge in [-0.1, -0.05) is 25.1 Å². The molecule has 2 aliphatic heterocycles. The quantitative estimate of drug-likeness (QED) is 0.822. The first-order valence-corrected chi connectivity index (χ1v) is 6.87. The minimum atomic E-state index is -0.0484. The van der Waals surface area contributed by atoms with Gasteiger partial charge in [0.2, 0.25) is 5.91 Å². The Labute approximate surface area is 108 Å². The van der Waals surface area contributed by atoms with E-state index in [1.54, 1.807) is 0 Å². The highest BCUT2D eigenvalue weighted by atomic mass is 16.2. The Morgan fingerprint density at radius 1 is 1.39 bits per heavy atom. The third kappa shape index (κ3) is 2.09. The van der Waals surface area contributed by atoms with Gasteiger partial charge in [-0.05, 0) is 30.4 Å². The van der Waals surface area contributed by atoms with Gasteiger partial charge in [-0.15, -0.1) is 0 Å². The van der Waals surface area contributed by atoms with E-state index in [0.717, 1.165) is 31.6 Å². The van der Waals surface area contributed by atoms with Crippen LogP contribution in [-0.2, 0) is 11.2 Å². The Morgan fingerprint density at radius 3 is 3.00 bits per heavy atom. The molecule has 2 heterocycles. The van der Waals surface area contributed by atoms with E-state index in [2.05, 4.69) is 24.4 Å². The van der Waals surface area contributed by atoms with Gasteiger partial charge >= 0.3 is 0 Å². The average Bonchev–Trinajstić information content (AvgIpc) is 2.81. The van der Waals surface area contributed by atoms with E-state index >= 15 is 0 Å². The van der Waals surface area contributed by atoms with Crippen molar-refractivity contribution >= 4 is 11.6 Å². The van der Waals surface area contributed by atoms with E-state index in [0.29, 0.717) is 5.92 Å². The number of carbonyl (C=O) groups excluding carboxylic acids is 1. The third-order valence-corrected chi connectivity index (χ3v) is 4.04. The standard InChI is InChI=1S/C15H20N2O/c1-11-5-4-8-17(10-11)15(18)14-9-12-6-2-3-7-13(12)16-14/h2-3,6-7,11,14,16H,4-5,8-10H2,1H3/t11?,14-/m0/s1. The maximum absolute atomic E-state index is 12.5. The second kappa shape index (κ2) is 4.63. The molecular formula is C15H20N2O. The highest BCUT2D eigenvalue weighted by Gasteiger charge is 2.31. The normalized spacial score (nSPS) is 26.6. The van der Waals surface area contributed by atoms with Crippen molar-refractivity contribution in [1.82, 2.24) is 4.90 Å². The lowest BCUT2D eigenvalue weighted by atomic mass is 9.99. The summed E-state index contributed by atoms with van der Waals surface area (Å²) in [5.41, 5.74) is 2.39. The van der Waals surface area contributed by atoms with Crippen molar-refractivity contribution in [2.75, 3.05) is 18.4 Å². The molecule has 3 nitrogen and oxygen atoms in total. The molecule has 0 radical (unpaired) electrons. The lowest BCUT2D eigenvalue weighted by Crippen LogP contribution is -2.46. The Bertz CT molecular complexity index is 433. The highest BCUT2D eigenvalue weighted by Crippen LogP contribution is 2.27. The van der Waals surface area contributed by atoms with Crippen molar-refractivity contribution in [3.63, 3.8) is 0 Å². The van der Waals surface area contributed by atoms with Crippen LogP contribution in [0.1, 0.15) is 25.3 Å². The number of anilines is 1. The summed E-state index contributed by atoms with van der Waals surface area (Å²) in [6, 6.07) is 8.17. The number of hydrogen-bond donors (Lipinski definition) is 1. The molecule has 0 aliphatic carbocycles. The SMILES string of the molecule is CC1CCCN(C(=O)[C@@H]2Cc3ccccc3N2)C1. The zero-order chi connectivity index (χ0) is 12.5. The molecule has 18 heavy (non-hydrogen) atoms. The fraction of sp³-hybridized carbons (Fsp3) is 0.533. The average molecular weight is 244 g/mol. The molecule has 96 valence electrons. The minimum absolute atomic E-state index is 0.0484. The summed E-state index contributed by atoms with van der Waals surface area (Å²) >= 11 is 0. The first kappa shape index (κ1) is 11.6. The molecule has 1 unspecified atom stereocenters. The van der Waals surface area contributed by atoms with Gasteiger partial charge < -0.3 is 10.2 Å². The van der Waals surface area contributed by atoms with Crippen molar-refractivity contribution in [2.24, 2.45) is 5.92 Å². The van der Waals surface area contributed by atoms with Crippen LogP contribution >= 0.6 is 0 Å². The maximum atomic E-state index is 12.5. The predicted octanol–water partition coefficient (Wildman–Crippen LogP) is 2.28. The molecule has 1 amide bonds. The lowest BCUT2D eigenvalue weighted by molar-refractivity contribution is -0.133. The Kier molecular flexibility index (Phi) is 2.98. The van der Waals surface area contributed by atoms with Gasteiger partial charge in [0.25, 0.3) is 0 Å². The summed E-state index contributed by atoms with van der Waals surface area (Å²) < 4.78 is 0. The Morgan fingerprint density at radius 2 is 2.22 bits per heavy atom. The summed E-state index contributed by atoms with van der Waals surface area (Å²) in [6.07, 6.45) is 3.23. The molecule has 2 atom stereocenters. The van der Waals surface area contributed by atoms with Crippen molar-refractivity contribution < 1.29 is 4.79 Å². The Hall–Kier alpha value is -1.51. The van der Waals surface area contributed by atoms with Crippen molar-refractivity contribution in [1.29, 1.82) is 0 Å². The largest absolute Gasteiger partial charge is 0.373 e. The van der Waals surface area contributed by atoms with Gasteiger partial charge in [0, 0.05) is 25.2 Å². The molecule has 0 saturated carbocycles. The van der Waals surface area contributed by atoms with E-state index < -0.39 is 0 Å². The summed E-state index contributed by atoms with van der Waals surface area (Å²) in [5, 5.41) is 3.36. The van der Waals surface area contributed by atoms with Crippen molar-refractivity contribution in [3.05, 3.63) is 29.8 Å². The molecule has 0 spiro atoms. The second-order valence-corrected chi connectivity index (χ2v) is 5.59. The number of amides is 1. The minimum Gasteiger partial charge on any atom is -0.373 e. The molecule has 0 bridgehead atoms. The highest BCUT2D eigenvalue weighted by molar-refractivity contribution is 5.87. The number of hydrogen-bond acceptors (Lipinski definition) is 2. The second-order valence-electron chi connectivity index (χ2n) is 5.59. The van der Waals surface area contributed by atoms with Crippen LogP contribution in [0.15, 0.2) is 24.3 Å². The van der Waals surface area contributed by atoms with E-state index in [-0.39, 0.29) is 11.9 Å². The first-order valence-electron chi connectivity index (χ1n) is 6.87. The maximum Gasteiger partial charge on any atom is 0.245 e. The van der Waals surface area contributed by atoms with Gasteiger partial charge in [0.05, 0.1) is 0 Å². The molecule has 0 aromatic heterocycles. The topological polar surface area (TPSA) is 32.3 Å². The van der Waals surface area contributed by atoms with E-state index in [1.165, 1.54) is 12.0 Å². The molecule has 3 heteroatoms. The van der Waals surface area contributed by atoms with Crippen LogP contribution < -0.4 is 5.32 Å². The van der Waals surface area contributed by atoms with Crippen LogP contribution in [0, 0.1) is 5.92 Å². The number of carbonyl (C=O) groups is 1. The zero-order valence-electron chi connectivity index (χ0n) is 10.9. The molecule has 3 rings (SSSR count). The zero-order valence-corrected chi connectivity index (χ0v) is 10.9. The monoisotopic (exact) mass is 244 g/mol. The smallest absolute Gasteiger partial charge is 0.245 e. The van der Waals surface area contributed by atoms with Crippen LogP contribution in [0.2, 0.25) is 0 Å².